The number of halogens is 3. The van der Waals surface area contributed by atoms with Crippen LogP contribution in [-0.2, 0) is 11.0 Å². The van der Waals surface area contributed by atoms with Crippen LogP contribution in [0.2, 0.25) is 0 Å². The van der Waals surface area contributed by atoms with E-state index in [0.29, 0.717) is 47.2 Å². The largest absolute Gasteiger partial charge is 0.486 e. The summed E-state index contributed by atoms with van der Waals surface area (Å²) in [6.07, 6.45) is -1.59. The van der Waals surface area contributed by atoms with Crippen LogP contribution in [0.15, 0.2) is 72.9 Å². The Bertz CT molecular complexity index is 1110. The summed E-state index contributed by atoms with van der Waals surface area (Å²) in [7, 11) is 0. The van der Waals surface area contributed by atoms with Crippen molar-refractivity contribution in [2.75, 3.05) is 18.5 Å². The van der Waals surface area contributed by atoms with E-state index >= 15 is 0 Å². The summed E-state index contributed by atoms with van der Waals surface area (Å²) >= 11 is 0. The van der Waals surface area contributed by atoms with Crippen molar-refractivity contribution in [3.05, 3.63) is 89.8 Å². The van der Waals surface area contributed by atoms with Gasteiger partial charge in [0.1, 0.15) is 13.2 Å². The minimum absolute atomic E-state index is 0.393. The quantitative estimate of drug-likeness (QED) is 0.601. The Morgan fingerprint density at radius 3 is 2.39 bits per heavy atom. The Labute approximate surface area is 176 Å². The smallest absolute Gasteiger partial charge is 0.416 e. The van der Waals surface area contributed by atoms with Crippen molar-refractivity contribution in [3.8, 4) is 11.5 Å². The van der Waals surface area contributed by atoms with Gasteiger partial charge in [0, 0.05) is 29.6 Å². The van der Waals surface area contributed by atoms with E-state index in [2.05, 4.69) is 10.3 Å². The van der Waals surface area contributed by atoms with E-state index < -0.39 is 17.6 Å². The average Bonchev–Trinajstić information content (AvgIpc) is 2.77. The number of amides is 1. The van der Waals surface area contributed by atoms with Crippen LogP contribution in [0, 0.1) is 0 Å². The van der Waals surface area contributed by atoms with Gasteiger partial charge in [-0.25, -0.2) is 0 Å². The Hall–Kier alpha value is -3.81. The maximum Gasteiger partial charge on any atom is 0.416 e. The number of carbonyl (C=O) groups is 1. The monoisotopic (exact) mass is 426 g/mol. The molecule has 5 nitrogen and oxygen atoms in total. The van der Waals surface area contributed by atoms with E-state index in [0.717, 1.165) is 12.1 Å². The van der Waals surface area contributed by atoms with E-state index in [-0.39, 0.29) is 0 Å². The zero-order valence-electron chi connectivity index (χ0n) is 16.1. The van der Waals surface area contributed by atoms with Crippen LogP contribution in [0.5, 0.6) is 11.5 Å². The molecule has 3 aromatic rings. The Kier molecular flexibility index (Phi) is 5.62. The van der Waals surface area contributed by atoms with E-state index in [1.54, 1.807) is 42.6 Å². The number of alkyl halides is 3. The minimum Gasteiger partial charge on any atom is -0.486 e. The number of aromatic nitrogens is 1. The third kappa shape index (κ3) is 4.85. The fourth-order valence-electron chi connectivity index (χ4n) is 3.10. The summed E-state index contributed by atoms with van der Waals surface area (Å²) in [5.74, 6) is 0.664. The minimum atomic E-state index is -4.44. The second-order valence-corrected chi connectivity index (χ2v) is 6.70. The van der Waals surface area contributed by atoms with Crippen LogP contribution in [0.1, 0.15) is 16.8 Å². The van der Waals surface area contributed by atoms with E-state index in [1.165, 1.54) is 18.2 Å². The molecule has 0 bridgehead atoms. The van der Waals surface area contributed by atoms with Gasteiger partial charge in [0.15, 0.2) is 11.5 Å². The molecular weight excluding hydrogens is 409 g/mol. The number of rotatable bonds is 4. The topological polar surface area (TPSA) is 60.5 Å². The Morgan fingerprint density at radius 1 is 0.968 bits per heavy atom. The van der Waals surface area contributed by atoms with Gasteiger partial charge in [0.25, 0.3) is 0 Å². The molecule has 0 fully saturated rings. The van der Waals surface area contributed by atoms with Gasteiger partial charge in [0.2, 0.25) is 5.91 Å². The number of hydrogen-bond acceptors (Lipinski definition) is 4. The van der Waals surface area contributed by atoms with Gasteiger partial charge in [-0.05, 0) is 42.0 Å². The second kappa shape index (κ2) is 8.51. The molecule has 1 aromatic heterocycles. The highest BCUT2D eigenvalue weighted by Crippen LogP contribution is 2.33. The number of fused-ring (bicyclic) bond motifs is 1. The molecule has 0 unspecified atom stereocenters. The third-order valence-electron chi connectivity index (χ3n) is 4.55. The van der Waals surface area contributed by atoms with Gasteiger partial charge >= 0.3 is 6.18 Å². The van der Waals surface area contributed by atoms with Crippen LogP contribution in [0.25, 0.3) is 5.57 Å². The van der Waals surface area contributed by atoms with E-state index in [4.69, 9.17) is 9.47 Å². The van der Waals surface area contributed by atoms with Gasteiger partial charge in [-0.15, -0.1) is 0 Å². The van der Waals surface area contributed by atoms with Gasteiger partial charge in [-0.1, -0.05) is 18.2 Å². The molecule has 1 amide bonds. The summed E-state index contributed by atoms with van der Waals surface area (Å²) in [4.78, 5) is 16.9. The van der Waals surface area contributed by atoms with Gasteiger partial charge in [-0.2, -0.15) is 13.2 Å². The lowest BCUT2D eigenvalue weighted by atomic mass is 10.00. The summed E-state index contributed by atoms with van der Waals surface area (Å²) < 4.78 is 49.7. The number of hydrogen-bond donors (Lipinski definition) is 1. The fourth-order valence-corrected chi connectivity index (χ4v) is 3.10. The van der Waals surface area contributed by atoms with Crippen molar-refractivity contribution in [2.45, 2.75) is 6.18 Å². The zero-order valence-corrected chi connectivity index (χ0v) is 16.1. The van der Waals surface area contributed by atoms with Gasteiger partial charge < -0.3 is 14.8 Å². The van der Waals surface area contributed by atoms with Crippen LogP contribution in [0.3, 0.4) is 0 Å². The predicted octanol–water partition coefficient (Wildman–Crippen LogP) is 4.94. The number of nitrogens with one attached hydrogen (secondary N) is 1. The molecular formula is C23H17F3N2O3. The number of pyridine rings is 1. The lowest BCUT2D eigenvalue weighted by molar-refractivity contribution is -0.137. The fraction of sp³-hybridized carbons (Fsp3) is 0.130. The molecule has 158 valence electrons. The molecule has 1 aliphatic rings. The normalized spacial score (nSPS) is 13.6. The highest BCUT2D eigenvalue weighted by molar-refractivity contribution is 6.06. The van der Waals surface area contributed by atoms with E-state index in [9.17, 15) is 18.0 Å². The van der Waals surface area contributed by atoms with Crippen molar-refractivity contribution in [1.82, 2.24) is 4.98 Å². The number of carbonyl (C=O) groups excluding carboxylic acids is 1. The summed E-state index contributed by atoms with van der Waals surface area (Å²) in [6, 6.07) is 14.7. The first-order valence-electron chi connectivity index (χ1n) is 9.41. The van der Waals surface area contributed by atoms with Crippen molar-refractivity contribution < 1.29 is 27.4 Å². The number of nitrogens with zero attached hydrogens (tertiary/aromatic N) is 1. The van der Waals surface area contributed by atoms with Crippen LogP contribution < -0.4 is 14.8 Å². The molecule has 31 heavy (non-hydrogen) atoms. The molecule has 0 atom stereocenters. The second-order valence-electron chi connectivity index (χ2n) is 6.70. The first-order valence-corrected chi connectivity index (χ1v) is 9.41. The molecule has 0 saturated carbocycles. The Balaban J connectivity index is 1.63. The zero-order chi connectivity index (χ0) is 21.8. The molecule has 1 N–H and O–H groups in total. The van der Waals surface area contributed by atoms with Crippen molar-refractivity contribution >= 4 is 17.2 Å². The highest BCUT2D eigenvalue weighted by Gasteiger charge is 2.30. The van der Waals surface area contributed by atoms with Crippen LogP contribution >= 0.6 is 0 Å². The molecule has 1 aliphatic heterocycles. The van der Waals surface area contributed by atoms with Crippen molar-refractivity contribution in [1.29, 1.82) is 0 Å². The Morgan fingerprint density at radius 2 is 1.71 bits per heavy atom. The van der Waals surface area contributed by atoms with E-state index in [1.807, 2.05) is 0 Å². The molecule has 2 aromatic carbocycles. The average molecular weight is 426 g/mol. The van der Waals surface area contributed by atoms with Gasteiger partial charge in [0.05, 0.1) is 11.3 Å². The summed E-state index contributed by atoms with van der Waals surface area (Å²) in [5.41, 5.74) is 1.02. The van der Waals surface area contributed by atoms with Crippen molar-refractivity contribution in [3.63, 3.8) is 0 Å². The molecule has 0 spiro atoms. The standard InChI is InChI=1S/C23H17F3N2O3/c24-23(25,26)16-6-4-15(5-7-16)18(19-3-1-2-10-27-19)14-22(29)28-17-8-9-20-21(13-17)31-12-11-30-20/h1-10,13-14H,11-12H2,(H,28,29)/b18-14-. The maximum atomic E-state index is 12.9. The summed E-state index contributed by atoms with van der Waals surface area (Å²) in [6.45, 7) is 0.879. The molecule has 0 radical (unpaired) electrons. The number of ether oxygens (including phenoxy) is 2. The molecule has 8 heteroatoms. The first kappa shape index (κ1) is 20.5. The molecule has 4 rings (SSSR count). The van der Waals surface area contributed by atoms with Crippen LogP contribution in [-0.4, -0.2) is 24.1 Å². The lowest BCUT2D eigenvalue weighted by Gasteiger charge is -2.18. The maximum absolute atomic E-state index is 12.9. The predicted molar refractivity (Wildman–Crippen MR) is 109 cm³/mol. The van der Waals surface area contributed by atoms with Gasteiger partial charge in [-0.3, -0.25) is 9.78 Å². The highest BCUT2D eigenvalue weighted by atomic mass is 19.4. The number of anilines is 1. The third-order valence-corrected chi connectivity index (χ3v) is 4.55. The molecule has 0 saturated heterocycles. The molecule has 2 heterocycles. The van der Waals surface area contributed by atoms with Crippen LogP contribution in [0.4, 0.5) is 18.9 Å². The molecule has 0 aliphatic carbocycles. The summed E-state index contributed by atoms with van der Waals surface area (Å²) in [5, 5.41) is 2.74. The lowest BCUT2D eigenvalue weighted by Crippen LogP contribution is -2.16. The number of benzene rings is 2. The van der Waals surface area contributed by atoms with Crippen molar-refractivity contribution in [2.24, 2.45) is 0 Å². The first-order chi connectivity index (χ1) is 14.9. The SMILES string of the molecule is O=C(/C=C(/c1ccc(C(F)(F)F)cc1)c1ccccn1)Nc1ccc2c(c1)OCCO2.